The van der Waals surface area contributed by atoms with Crippen molar-refractivity contribution in [3.05, 3.63) is 50.0 Å². The quantitative estimate of drug-likeness (QED) is 0.645. The van der Waals surface area contributed by atoms with E-state index >= 15 is 0 Å². The topological polar surface area (TPSA) is 33.6 Å². The lowest BCUT2D eigenvalue weighted by atomic mass is 10.1. The number of benzene rings is 1. The summed E-state index contributed by atoms with van der Waals surface area (Å²) >= 11 is 10.7. The van der Waals surface area contributed by atoms with Crippen LogP contribution >= 0.6 is 39.5 Å². The summed E-state index contributed by atoms with van der Waals surface area (Å²) in [4.78, 5) is 1.09. The van der Waals surface area contributed by atoms with Crippen molar-refractivity contribution < 1.29 is 0 Å². The first-order chi connectivity index (χ1) is 9.58. The Labute approximate surface area is 134 Å². The van der Waals surface area contributed by atoms with Crippen molar-refractivity contribution in [2.75, 3.05) is 0 Å². The van der Waals surface area contributed by atoms with Gasteiger partial charge in [0.05, 0.1) is 10.6 Å². The first-order valence-electron chi connectivity index (χ1n) is 6.06. The molecule has 1 aromatic carbocycles. The first kappa shape index (κ1) is 13.7. The van der Waals surface area contributed by atoms with Gasteiger partial charge in [-0.1, -0.05) is 12.1 Å². The molecule has 20 heavy (non-hydrogen) atoms. The molecule has 0 radical (unpaired) electrons. The lowest BCUT2D eigenvalue weighted by molar-refractivity contribution is 1.01. The van der Waals surface area contributed by atoms with Crippen LogP contribution in [-0.4, -0.2) is 14.8 Å². The number of aryl methyl sites for hydroxylation is 2. The van der Waals surface area contributed by atoms with Crippen LogP contribution < -0.4 is 0 Å². The largest absolute Gasteiger partial charge is 0.266 e. The second kappa shape index (κ2) is 5.27. The molecule has 0 bridgehead atoms. The number of aromatic nitrogens is 3. The number of halogens is 1. The average Bonchev–Trinajstić information content (AvgIpc) is 2.99. The van der Waals surface area contributed by atoms with Crippen LogP contribution in [0.1, 0.15) is 11.1 Å². The van der Waals surface area contributed by atoms with Gasteiger partial charge in [-0.3, -0.25) is 9.67 Å². The maximum atomic E-state index is 5.41. The highest BCUT2D eigenvalue weighted by Gasteiger charge is 2.16. The highest BCUT2D eigenvalue weighted by Crippen LogP contribution is 2.31. The Morgan fingerprint density at radius 2 is 2.15 bits per heavy atom. The van der Waals surface area contributed by atoms with Gasteiger partial charge >= 0.3 is 0 Å². The maximum Gasteiger partial charge on any atom is 0.200 e. The SMILES string of the molecule is Cc1cc(C)c(-n2c(-c3cccs3)n[nH]c2=S)c(Br)c1. The minimum Gasteiger partial charge on any atom is -0.266 e. The van der Waals surface area contributed by atoms with E-state index in [-0.39, 0.29) is 0 Å². The van der Waals surface area contributed by atoms with E-state index in [1.54, 1.807) is 11.3 Å². The third-order valence-corrected chi connectivity index (χ3v) is 4.78. The summed E-state index contributed by atoms with van der Waals surface area (Å²) in [6.45, 7) is 4.16. The zero-order chi connectivity index (χ0) is 14.3. The maximum absolute atomic E-state index is 5.41. The van der Waals surface area contributed by atoms with Gasteiger partial charge in [-0.05, 0) is 70.6 Å². The summed E-state index contributed by atoms with van der Waals surface area (Å²) < 4.78 is 3.60. The lowest BCUT2D eigenvalue weighted by Crippen LogP contribution is -2.01. The van der Waals surface area contributed by atoms with Crippen molar-refractivity contribution in [1.29, 1.82) is 0 Å². The molecular formula is C14H12BrN3S2. The van der Waals surface area contributed by atoms with Gasteiger partial charge in [0.2, 0.25) is 0 Å². The molecule has 0 aliphatic rings. The molecule has 0 amide bonds. The van der Waals surface area contributed by atoms with Crippen LogP contribution in [-0.2, 0) is 0 Å². The Morgan fingerprint density at radius 3 is 2.80 bits per heavy atom. The normalized spacial score (nSPS) is 10.9. The van der Waals surface area contributed by atoms with E-state index in [0.717, 1.165) is 26.4 Å². The van der Waals surface area contributed by atoms with Crippen molar-refractivity contribution in [3.8, 4) is 16.4 Å². The third-order valence-electron chi connectivity index (χ3n) is 3.04. The molecule has 2 heterocycles. The zero-order valence-electron chi connectivity index (χ0n) is 11.0. The predicted molar refractivity (Wildman–Crippen MR) is 89.2 cm³/mol. The molecule has 102 valence electrons. The molecule has 0 atom stereocenters. The van der Waals surface area contributed by atoms with Crippen LogP contribution in [0.5, 0.6) is 0 Å². The molecule has 0 aliphatic heterocycles. The fourth-order valence-corrected chi connectivity index (χ4v) is 4.04. The van der Waals surface area contributed by atoms with E-state index in [0.29, 0.717) is 4.77 Å². The van der Waals surface area contributed by atoms with E-state index < -0.39 is 0 Å². The van der Waals surface area contributed by atoms with E-state index in [9.17, 15) is 0 Å². The average molecular weight is 366 g/mol. The second-order valence-electron chi connectivity index (χ2n) is 4.58. The van der Waals surface area contributed by atoms with Gasteiger partial charge in [0.1, 0.15) is 0 Å². The molecule has 3 rings (SSSR count). The molecule has 0 spiro atoms. The summed E-state index contributed by atoms with van der Waals surface area (Å²) in [5, 5.41) is 9.31. The first-order valence-corrected chi connectivity index (χ1v) is 8.14. The van der Waals surface area contributed by atoms with Gasteiger partial charge in [0.15, 0.2) is 10.6 Å². The van der Waals surface area contributed by atoms with Crippen molar-refractivity contribution >= 4 is 39.5 Å². The van der Waals surface area contributed by atoms with E-state index in [1.165, 1.54) is 5.56 Å². The molecule has 0 fully saturated rings. The third kappa shape index (κ3) is 2.28. The van der Waals surface area contributed by atoms with Crippen molar-refractivity contribution in [2.45, 2.75) is 13.8 Å². The number of hydrogen-bond donors (Lipinski definition) is 1. The minimum absolute atomic E-state index is 0.598. The standard InChI is InChI=1S/C14H12BrN3S2/c1-8-6-9(2)12(10(15)7-8)18-13(16-17-14(18)19)11-4-3-5-20-11/h3-7H,1-2H3,(H,17,19). The molecule has 6 heteroatoms. The fraction of sp³-hybridized carbons (Fsp3) is 0.143. The smallest absolute Gasteiger partial charge is 0.200 e. The summed E-state index contributed by atoms with van der Waals surface area (Å²) in [6.07, 6.45) is 0. The Kier molecular flexibility index (Phi) is 3.62. The Hall–Kier alpha value is -1.24. The van der Waals surface area contributed by atoms with Gasteiger partial charge < -0.3 is 0 Å². The van der Waals surface area contributed by atoms with E-state index in [4.69, 9.17) is 12.2 Å². The highest BCUT2D eigenvalue weighted by molar-refractivity contribution is 9.10. The monoisotopic (exact) mass is 365 g/mol. The molecular weight excluding hydrogens is 354 g/mol. The van der Waals surface area contributed by atoms with Crippen LogP contribution in [0.25, 0.3) is 16.4 Å². The lowest BCUT2D eigenvalue weighted by Gasteiger charge is -2.12. The number of H-pyrrole nitrogens is 1. The molecule has 3 aromatic rings. The number of aromatic amines is 1. The van der Waals surface area contributed by atoms with Gasteiger partial charge in [0.25, 0.3) is 0 Å². The van der Waals surface area contributed by atoms with Crippen LogP contribution in [0.2, 0.25) is 0 Å². The summed E-state index contributed by atoms with van der Waals surface area (Å²) in [7, 11) is 0. The Bertz CT molecular complexity index is 792. The number of hydrogen-bond acceptors (Lipinski definition) is 3. The zero-order valence-corrected chi connectivity index (χ0v) is 14.2. The van der Waals surface area contributed by atoms with Crippen molar-refractivity contribution in [3.63, 3.8) is 0 Å². The van der Waals surface area contributed by atoms with E-state index in [2.05, 4.69) is 52.1 Å². The van der Waals surface area contributed by atoms with Crippen LogP contribution in [0.15, 0.2) is 34.1 Å². The Balaban J connectivity index is 2.32. The molecule has 3 nitrogen and oxygen atoms in total. The molecule has 2 aromatic heterocycles. The number of nitrogens with zero attached hydrogens (tertiary/aromatic N) is 2. The number of rotatable bonds is 2. The minimum atomic E-state index is 0.598. The van der Waals surface area contributed by atoms with Crippen molar-refractivity contribution in [1.82, 2.24) is 14.8 Å². The van der Waals surface area contributed by atoms with Crippen LogP contribution in [0.3, 0.4) is 0 Å². The number of thiophene rings is 1. The van der Waals surface area contributed by atoms with Crippen LogP contribution in [0.4, 0.5) is 0 Å². The van der Waals surface area contributed by atoms with Gasteiger partial charge in [0, 0.05) is 4.47 Å². The molecule has 0 saturated heterocycles. The molecule has 0 saturated carbocycles. The summed E-state index contributed by atoms with van der Waals surface area (Å²) in [6, 6.07) is 8.30. The number of nitrogens with one attached hydrogen (secondary N) is 1. The van der Waals surface area contributed by atoms with Gasteiger partial charge in [-0.25, -0.2) is 0 Å². The summed E-state index contributed by atoms with van der Waals surface area (Å²) in [5.74, 6) is 0.845. The molecule has 1 N–H and O–H groups in total. The van der Waals surface area contributed by atoms with Crippen LogP contribution in [0, 0.1) is 18.6 Å². The second-order valence-corrected chi connectivity index (χ2v) is 6.77. The van der Waals surface area contributed by atoms with Gasteiger partial charge in [-0.2, -0.15) is 5.10 Å². The highest BCUT2D eigenvalue weighted by atomic mass is 79.9. The fourth-order valence-electron chi connectivity index (χ4n) is 2.27. The van der Waals surface area contributed by atoms with Crippen molar-refractivity contribution in [2.24, 2.45) is 0 Å². The Morgan fingerprint density at radius 1 is 1.35 bits per heavy atom. The summed E-state index contributed by atoms with van der Waals surface area (Å²) in [5.41, 5.74) is 3.41. The molecule has 0 aliphatic carbocycles. The van der Waals surface area contributed by atoms with E-state index in [1.807, 2.05) is 22.1 Å². The predicted octanol–water partition coefficient (Wildman–Crippen LogP) is 5.04. The van der Waals surface area contributed by atoms with Gasteiger partial charge in [-0.15, -0.1) is 11.3 Å². The molecule has 0 unspecified atom stereocenters.